The third kappa shape index (κ3) is 3.04. The van der Waals surface area contributed by atoms with Gasteiger partial charge in [0.15, 0.2) is 0 Å². The zero-order valence-corrected chi connectivity index (χ0v) is 14.3. The van der Waals surface area contributed by atoms with Crippen molar-refractivity contribution < 1.29 is 0 Å². The number of rotatable bonds is 5. The van der Waals surface area contributed by atoms with Crippen LogP contribution in [0.25, 0.3) is 11.4 Å². The number of H-pyrrole nitrogens is 2. The fourth-order valence-electron chi connectivity index (χ4n) is 2.93. The maximum atomic E-state index is 4.35. The molecule has 1 atom stereocenters. The fourth-order valence-corrected chi connectivity index (χ4v) is 2.93. The van der Waals surface area contributed by atoms with Crippen LogP contribution in [0, 0.1) is 19.8 Å². The second-order valence-electron chi connectivity index (χ2n) is 6.48. The molecule has 3 aromatic heterocycles. The Hall–Kier alpha value is -2.44. The van der Waals surface area contributed by atoms with Gasteiger partial charge in [-0.2, -0.15) is 10.2 Å². The molecule has 23 heavy (non-hydrogen) atoms. The van der Waals surface area contributed by atoms with Crippen LogP contribution in [0.1, 0.15) is 49.5 Å². The van der Waals surface area contributed by atoms with Crippen molar-refractivity contribution in [2.24, 2.45) is 5.92 Å². The van der Waals surface area contributed by atoms with Crippen molar-refractivity contribution in [2.45, 2.75) is 47.1 Å². The van der Waals surface area contributed by atoms with Crippen molar-refractivity contribution in [3.8, 4) is 11.4 Å². The highest BCUT2D eigenvalue weighted by atomic mass is 15.4. The predicted molar refractivity (Wildman–Crippen MR) is 88.0 cm³/mol. The van der Waals surface area contributed by atoms with Crippen LogP contribution in [-0.2, 0) is 6.42 Å². The highest BCUT2D eigenvalue weighted by Gasteiger charge is 2.18. The van der Waals surface area contributed by atoms with Crippen molar-refractivity contribution in [1.29, 1.82) is 0 Å². The zero-order chi connectivity index (χ0) is 16.6. The minimum atomic E-state index is 0.0732. The number of aryl methyl sites for hydroxylation is 2. The monoisotopic (exact) mass is 313 g/mol. The van der Waals surface area contributed by atoms with Crippen LogP contribution >= 0.6 is 0 Å². The van der Waals surface area contributed by atoms with E-state index in [1.54, 1.807) is 0 Å². The summed E-state index contributed by atoms with van der Waals surface area (Å²) in [6.07, 6.45) is 2.91. The summed E-state index contributed by atoms with van der Waals surface area (Å²) in [6, 6.07) is 2.12. The lowest BCUT2D eigenvalue weighted by Crippen LogP contribution is -2.09. The van der Waals surface area contributed by atoms with E-state index in [1.807, 2.05) is 30.8 Å². The van der Waals surface area contributed by atoms with Crippen molar-refractivity contribution in [3.05, 3.63) is 34.9 Å². The number of aromatic amines is 2. The largest absolute Gasteiger partial charge is 0.282 e. The maximum absolute atomic E-state index is 4.35. The summed E-state index contributed by atoms with van der Waals surface area (Å²) >= 11 is 0. The summed E-state index contributed by atoms with van der Waals surface area (Å²) in [5.74, 6) is 0.589. The number of nitrogens with one attached hydrogen (secondary N) is 2. The summed E-state index contributed by atoms with van der Waals surface area (Å²) in [7, 11) is 0. The van der Waals surface area contributed by atoms with Gasteiger partial charge < -0.3 is 0 Å². The molecule has 3 heterocycles. The Morgan fingerprint density at radius 3 is 2.52 bits per heavy atom. The highest BCUT2D eigenvalue weighted by molar-refractivity contribution is 5.52. The Balaban J connectivity index is 1.84. The van der Waals surface area contributed by atoms with E-state index in [-0.39, 0.29) is 6.04 Å². The van der Waals surface area contributed by atoms with Crippen LogP contribution in [0.2, 0.25) is 0 Å². The topological polar surface area (TPSA) is 88.1 Å². The molecule has 3 aromatic rings. The smallest absolute Gasteiger partial charge is 0.133 e. The average Bonchev–Trinajstić information content (AvgIpc) is 3.18. The van der Waals surface area contributed by atoms with E-state index in [9.17, 15) is 0 Å². The van der Waals surface area contributed by atoms with Crippen molar-refractivity contribution >= 4 is 0 Å². The van der Waals surface area contributed by atoms with Gasteiger partial charge in [0.05, 0.1) is 17.9 Å². The summed E-state index contributed by atoms with van der Waals surface area (Å²) in [5, 5.41) is 23.2. The van der Waals surface area contributed by atoms with E-state index in [0.717, 1.165) is 40.5 Å². The van der Waals surface area contributed by atoms with Gasteiger partial charge in [0.25, 0.3) is 0 Å². The third-order valence-electron chi connectivity index (χ3n) is 4.03. The van der Waals surface area contributed by atoms with E-state index in [4.69, 9.17) is 0 Å². The van der Waals surface area contributed by atoms with Gasteiger partial charge in [-0.3, -0.25) is 10.2 Å². The number of hydrogen-bond donors (Lipinski definition) is 2. The Morgan fingerprint density at radius 1 is 1.09 bits per heavy atom. The van der Waals surface area contributed by atoms with Gasteiger partial charge in [-0.05, 0) is 39.2 Å². The summed E-state index contributed by atoms with van der Waals surface area (Å²) in [6.45, 7) is 10.5. The molecule has 3 rings (SSSR count). The first-order valence-corrected chi connectivity index (χ1v) is 7.93. The Labute approximate surface area is 135 Å². The number of hydrogen-bond acceptors (Lipinski definition) is 4. The van der Waals surface area contributed by atoms with E-state index in [0.29, 0.717) is 5.92 Å². The Bertz CT molecular complexity index is 774. The van der Waals surface area contributed by atoms with Crippen LogP contribution in [0.5, 0.6) is 0 Å². The highest BCUT2D eigenvalue weighted by Crippen LogP contribution is 2.24. The quantitative estimate of drug-likeness (QED) is 0.758. The molecule has 1 unspecified atom stereocenters. The Kier molecular flexibility index (Phi) is 4.02. The van der Waals surface area contributed by atoms with Crippen molar-refractivity contribution in [3.63, 3.8) is 0 Å². The molecule has 7 nitrogen and oxygen atoms in total. The lowest BCUT2D eigenvalue weighted by Gasteiger charge is -2.11. The second-order valence-corrected chi connectivity index (χ2v) is 6.48. The first kappa shape index (κ1) is 15.5. The average molecular weight is 313 g/mol. The summed E-state index contributed by atoms with van der Waals surface area (Å²) < 4.78 is 1.86. The van der Waals surface area contributed by atoms with Crippen LogP contribution in [0.15, 0.2) is 12.3 Å². The van der Waals surface area contributed by atoms with Gasteiger partial charge in [0, 0.05) is 17.0 Å². The predicted octanol–water partition coefficient (Wildman–Crippen LogP) is 2.82. The molecule has 0 saturated carbocycles. The molecule has 0 radical (unpaired) electrons. The minimum Gasteiger partial charge on any atom is -0.282 e. The number of nitrogens with zero attached hydrogens (tertiary/aromatic N) is 5. The molecular formula is C16H23N7. The summed E-state index contributed by atoms with van der Waals surface area (Å²) in [4.78, 5) is 0. The van der Waals surface area contributed by atoms with Crippen molar-refractivity contribution in [2.75, 3.05) is 0 Å². The van der Waals surface area contributed by atoms with Gasteiger partial charge in [-0.25, -0.2) is 4.68 Å². The molecule has 0 amide bonds. The molecule has 0 aliphatic carbocycles. The first-order chi connectivity index (χ1) is 11.0. The molecule has 0 fully saturated rings. The van der Waals surface area contributed by atoms with Crippen LogP contribution < -0.4 is 0 Å². The van der Waals surface area contributed by atoms with Crippen LogP contribution in [0.3, 0.4) is 0 Å². The van der Waals surface area contributed by atoms with E-state index in [2.05, 4.69) is 51.5 Å². The van der Waals surface area contributed by atoms with Gasteiger partial charge in [0.2, 0.25) is 0 Å². The SMILES string of the molecule is Cc1n[nH]c(C)c1C(C)n1cc(-c2cc(CC(C)C)[nH]n2)nn1. The molecule has 122 valence electrons. The molecule has 0 aliphatic rings. The van der Waals surface area contributed by atoms with E-state index < -0.39 is 0 Å². The Morgan fingerprint density at radius 2 is 1.87 bits per heavy atom. The number of aromatic nitrogens is 7. The van der Waals surface area contributed by atoms with Gasteiger partial charge in [-0.15, -0.1) is 5.10 Å². The molecule has 0 spiro atoms. The standard InChI is InChI=1S/C16H23N7/c1-9(2)6-13-7-14(20-19-13)15-8-23(22-21-15)12(5)16-10(3)17-18-11(16)4/h7-9,12H,6H2,1-5H3,(H,17,18)(H,19,20). The molecule has 2 N–H and O–H groups in total. The van der Waals surface area contributed by atoms with Crippen LogP contribution in [-0.4, -0.2) is 35.4 Å². The third-order valence-corrected chi connectivity index (χ3v) is 4.03. The lowest BCUT2D eigenvalue weighted by molar-refractivity contribution is 0.539. The van der Waals surface area contributed by atoms with E-state index in [1.165, 1.54) is 0 Å². The lowest BCUT2D eigenvalue weighted by atomic mass is 10.1. The molecule has 0 aromatic carbocycles. The second kappa shape index (κ2) is 5.98. The van der Waals surface area contributed by atoms with Gasteiger partial charge >= 0.3 is 0 Å². The molecular weight excluding hydrogens is 290 g/mol. The van der Waals surface area contributed by atoms with Crippen LogP contribution in [0.4, 0.5) is 0 Å². The van der Waals surface area contributed by atoms with Gasteiger partial charge in [-0.1, -0.05) is 19.1 Å². The van der Waals surface area contributed by atoms with Gasteiger partial charge in [0.1, 0.15) is 11.4 Å². The zero-order valence-electron chi connectivity index (χ0n) is 14.3. The van der Waals surface area contributed by atoms with E-state index >= 15 is 0 Å². The summed E-state index contributed by atoms with van der Waals surface area (Å²) in [5.41, 5.74) is 5.95. The molecule has 0 bridgehead atoms. The van der Waals surface area contributed by atoms with Crippen molar-refractivity contribution in [1.82, 2.24) is 35.4 Å². The normalized spacial score (nSPS) is 13.0. The maximum Gasteiger partial charge on any atom is 0.133 e. The fraction of sp³-hybridized carbons (Fsp3) is 0.500. The molecule has 0 aliphatic heterocycles. The molecule has 7 heteroatoms. The molecule has 0 saturated heterocycles. The minimum absolute atomic E-state index is 0.0732. The first-order valence-electron chi connectivity index (χ1n) is 7.93.